The molecule has 0 bridgehead atoms. The molecule has 29 heavy (non-hydrogen) atoms. The summed E-state index contributed by atoms with van der Waals surface area (Å²) in [5.74, 6) is 1.50. The molecule has 4 heterocycles. The van der Waals surface area contributed by atoms with Crippen molar-refractivity contribution in [3.8, 4) is 22.8 Å². The second-order valence-electron chi connectivity index (χ2n) is 6.56. The summed E-state index contributed by atoms with van der Waals surface area (Å²) in [6, 6.07) is 6.77. The van der Waals surface area contributed by atoms with E-state index >= 15 is 0 Å². The highest BCUT2D eigenvalue weighted by molar-refractivity contribution is 5.77. The minimum Gasteiger partial charge on any atom is -0.493 e. The Labute approximate surface area is 165 Å². The molecule has 0 atom stereocenters. The normalized spacial score (nSPS) is 12.6. The molecular weight excluding hydrogens is 375 g/mol. The van der Waals surface area contributed by atoms with Gasteiger partial charge in [0.2, 0.25) is 11.8 Å². The Bertz CT molecular complexity index is 1210. The van der Waals surface area contributed by atoms with Gasteiger partial charge in [-0.25, -0.2) is 14.4 Å². The zero-order valence-corrected chi connectivity index (χ0v) is 15.6. The molecule has 0 spiro atoms. The predicted octanol–water partition coefficient (Wildman–Crippen LogP) is 2.88. The van der Waals surface area contributed by atoms with Crippen LogP contribution in [0.5, 0.6) is 11.6 Å². The van der Waals surface area contributed by atoms with Crippen LogP contribution in [0.1, 0.15) is 11.1 Å². The van der Waals surface area contributed by atoms with Crippen molar-refractivity contribution in [1.29, 1.82) is 0 Å². The Morgan fingerprint density at radius 1 is 1.28 bits per heavy atom. The standard InChI is InChI=1S/C20H17FN6O2/c1-28-18-8-12(4-6-22-18)14-9-23-20(27-11-25-26-19(14)27)24-10-15-13-5-7-29-17(13)3-2-16(15)21/h2-4,6,8-9,11H,5,7,10H2,1H3,(H,23,24). The highest BCUT2D eigenvalue weighted by Crippen LogP contribution is 2.31. The first-order valence-corrected chi connectivity index (χ1v) is 9.10. The van der Waals surface area contributed by atoms with Crippen LogP contribution in [0.15, 0.2) is 43.0 Å². The van der Waals surface area contributed by atoms with E-state index in [0.717, 1.165) is 22.4 Å². The van der Waals surface area contributed by atoms with Crippen molar-refractivity contribution in [3.05, 3.63) is 59.9 Å². The lowest BCUT2D eigenvalue weighted by molar-refractivity contribution is 0.356. The Morgan fingerprint density at radius 3 is 3.10 bits per heavy atom. The van der Waals surface area contributed by atoms with Gasteiger partial charge in [-0.05, 0) is 23.8 Å². The van der Waals surface area contributed by atoms with Crippen molar-refractivity contribution < 1.29 is 13.9 Å². The minimum absolute atomic E-state index is 0.262. The van der Waals surface area contributed by atoms with Crippen LogP contribution in [0.4, 0.5) is 10.3 Å². The molecular formula is C20H17FN6O2. The highest BCUT2D eigenvalue weighted by atomic mass is 19.1. The summed E-state index contributed by atoms with van der Waals surface area (Å²) in [7, 11) is 1.56. The van der Waals surface area contributed by atoms with E-state index in [0.29, 0.717) is 36.1 Å². The summed E-state index contributed by atoms with van der Waals surface area (Å²) in [5.41, 5.74) is 3.76. The van der Waals surface area contributed by atoms with Crippen LogP contribution in [0, 0.1) is 5.82 Å². The van der Waals surface area contributed by atoms with Crippen LogP contribution >= 0.6 is 0 Å². The van der Waals surface area contributed by atoms with Gasteiger partial charge in [-0.15, -0.1) is 10.2 Å². The summed E-state index contributed by atoms with van der Waals surface area (Å²) in [4.78, 5) is 8.63. The smallest absolute Gasteiger partial charge is 0.213 e. The van der Waals surface area contributed by atoms with Gasteiger partial charge in [-0.3, -0.25) is 4.40 Å². The number of benzene rings is 1. The average Bonchev–Trinajstić information content (AvgIpc) is 3.43. The third-order valence-corrected chi connectivity index (χ3v) is 4.95. The minimum atomic E-state index is -0.262. The van der Waals surface area contributed by atoms with Gasteiger partial charge in [-0.2, -0.15) is 0 Å². The van der Waals surface area contributed by atoms with Crippen molar-refractivity contribution >= 4 is 11.6 Å². The number of methoxy groups -OCH3 is 1. The highest BCUT2D eigenvalue weighted by Gasteiger charge is 2.20. The Balaban J connectivity index is 1.49. The Morgan fingerprint density at radius 2 is 2.21 bits per heavy atom. The molecule has 1 aliphatic heterocycles. The molecule has 5 rings (SSSR count). The second-order valence-corrected chi connectivity index (χ2v) is 6.56. The quantitative estimate of drug-likeness (QED) is 0.559. The van der Waals surface area contributed by atoms with Gasteiger partial charge >= 0.3 is 0 Å². The van der Waals surface area contributed by atoms with Gasteiger partial charge in [0, 0.05) is 48.1 Å². The van der Waals surface area contributed by atoms with Gasteiger partial charge in [0.15, 0.2) is 5.65 Å². The first-order valence-electron chi connectivity index (χ1n) is 9.10. The lowest BCUT2D eigenvalue weighted by Crippen LogP contribution is -2.09. The number of pyridine rings is 1. The largest absolute Gasteiger partial charge is 0.493 e. The molecule has 1 aromatic carbocycles. The lowest BCUT2D eigenvalue weighted by atomic mass is 10.0. The summed E-state index contributed by atoms with van der Waals surface area (Å²) in [5, 5.41) is 11.4. The molecule has 9 heteroatoms. The van der Waals surface area contributed by atoms with Crippen LogP contribution in [0.25, 0.3) is 16.8 Å². The molecule has 4 aromatic rings. The number of nitrogens with zero attached hydrogens (tertiary/aromatic N) is 5. The SMILES string of the molecule is COc1cc(-c2cnc(NCc3c(F)ccc4c3CCO4)n3cnnc23)ccn1. The molecule has 3 aromatic heterocycles. The van der Waals surface area contributed by atoms with Crippen LogP contribution in [0.2, 0.25) is 0 Å². The molecule has 0 radical (unpaired) electrons. The third-order valence-electron chi connectivity index (χ3n) is 4.95. The van der Waals surface area contributed by atoms with Crippen molar-refractivity contribution in [2.75, 3.05) is 19.0 Å². The van der Waals surface area contributed by atoms with Crippen LogP contribution < -0.4 is 14.8 Å². The fourth-order valence-electron chi connectivity index (χ4n) is 3.52. The number of nitrogens with one attached hydrogen (secondary N) is 1. The summed E-state index contributed by atoms with van der Waals surface area (Å²) in [6.45, 7) is 0.852. The molecule has 146 valence electrons. The molecule has 0 unspecified atom stereocenters. The van der Waals surface area contributed by atoms with E-state index in [9.17, 15) is 4.39 Å². The van der Waals surface area contributed by atoms with Gasteiger partial charge in [0.05, 0.1) is 13.7 Å². The van der Waals surface area contributed by atoms with Gasteiger partial charge in [-0.1, -0.05) is 0 Å². The average molecular weight is 392 g/mol. The second kappa shape index (κ2) is 7.01. The van der Waals surface area contributed by atoms with Crippen LogP contribution in [-0.4, -0.2) is 38.3 Å². The molecule has 1 N–H and O–H groups in total. The summed E-state index contributed by atoms with van der Waals surface area (Å²) >= 11 is 0. The maximum Gasteiger partial charge on any atom is 0.213 e. The topological polar surface area (TPSA) is 86.5 Å². The number of aromatic nitrogens is 5. The van der Waals surface area contributed by atoms with E-state index in [1.54, 1.807) is 42.4 Å². The lowest BCUT2D eigenvalue weighted by Gasteiger charge is -2.12. The molecule has 0 saturated carbocycles. The first-order chi connectivity index (χ1) is 14.2. The number of hydrogen-bond acceptors (Lipinski definition) is 7. The monoisotopic (exact) mass is 392 g/mol. The van der Waals surface area contributed by atoms with Gasteiger partial charge in [0.1, 0.15) is 17.9 Å². The van der Waals surface area contributed by atoms with Crippen LogP contribution in [0.3, 0.4) is 0 Å². The van der Waals surface area contributed by atoms with E-state index in [1.165, 1.54) is 6.07 Å². The fourth-order valence-corrected chi connectivity index (χ4v) is 3.52. The maximum atomic E-state index is 14.4. The number of anilines is 1. The van der Waals surface area contributed by atoms with E-state index in [1.807, 2.05) is 6.07 Å². The van der Waals surface area contributed by atoms with E-state index in [2.05, 4.69) is 25.5 Å². The molecule has 0 aliphatic carbocycles. The van der Waals surface area contributed by atoms with E-state index < -0.39 is 0 Å². The Hall–Kier alpha value is -3.75. The molecule has 8 nitrogen and oxygen atoms in total. The summed E-state index contributed by atoms with van der Waals surface area (Å²) < 4.78 is 26.9. The molecule has 1 aliphatic rings. The number of fused-ring (bicyclic) bond motifs is 2. The molecule has 0 amide bonds. The predicted molar refractivity (Wildman–Crippen MR) is 103 cm³/mol. The number of hydrogen-bond donors (Lipinski definition) is 1. The van der Waals surface area contributed by atoms with Crippen molar-refractivity contribution in [1.82, 2.24) is 24.6 Å². The zero-order chi connectivity index (χ0) is 19.8. The van der Waals surface area contributed by atoms with Crippen LogP contribution in [-0.2, 0) is 13.0 Å². The van der Waals surface area contributed by atoms with E-state index in [-0.39, 0.29) is 12.4 Å². The third kappa shape index (κ3) is 3.00. The first kappa shape index (κ1) is 17.4. The fraction of sp³-hybridized carbons (Fsp3) is 0.200. The Kier molecular flexibility index (Phi) is 4.19. The number of rotatable bonds is 5. The van der Waals surface area contributed by atoms with E-state index in [4.69, 9.17) is 9.47 Å². The van der Waals surface area contributed by atoms with Gasteiger partial charge in [0.25, 0.3) is 0 Å². The zero-order valence-electron chi connectivity index (χ0n) is 15.6. The molecule has 0 fully saturated rings. The summed E-state index contributed by atoms with van der Waals surface area (Å²) in [6.07, 6.45) is 5.63. The maximum absolute atomic E-state index is 14.4. The van der Waals surface area contributed by atoms with Crippen molar-refractivity contribution in [2.24, 2.45) is 0 Å². The molecule has 0 saturated heterocycles. The number of ether oxygens (including phenoxy) is 2. The van der Waals surface area contributed by atoms with Crippen molar-refractivity contribution in [3.63, 3.8) is 0 Å². The van der Waals surface area contributed by atoms with Gasteiger partial charge < -0.3 is 14.8 Å². The number of halogens is 1. The van der Waals surface area contributed by atoms with Crippen molar-refractivity contribution in [2.45, 2.75) is 13.0 Å².